The number of aromatic nitrogens is 5. The highest BCUT2D eigenvalue weighted by Crippen LogP contribution is 2.32. The van der Waals surface area contributed by atoms with Gasteiger partial charge in [0.05, 0.1) is 24.2 Å². The maximum Gasteiger partial charge on any atom is 0.433 e. The summed E-state index contributed by atoms with van der Waals surface area (Å²) in [5.41, 5.74) is -1.30. The number of hydrogen-bond acceptors (Lipinski definition) is 6. The molecule has 0 aliphatic heterocycles. The van der Waals surface area contributed by atoms with Crippen LogP contribution in [0.3, 0.4) is 0 Å². The summed E-state index contributed by atoms with van der Waals surface area (Å²) >= 11 is 5.88. The van der Waals surface area contributed by atoms with Crippen LogP contribution in [0.15, 0.2) is 65.4 Å². The van der Waals surface area contributed by atoms with E-state index >= 15 is 0 Å². The first-order valence-corrected chi connectivity index (χ1v) is 11.4. The average molecular weight is 544 g/mol. The Morgan fingerprint density at radius 2 is 1.84 bits per heavy atom. The minimum Gasteiger partial charge on any atom is -0.467 e. The van der Waals surface area contributed by atoms with Gasteiger partial charge in [-0.25, -0.2) is 9.50 Å². The number of nitrogens with one attached hydrogen (secondary N) is 2. The van der Waals surface area contributed by atoms with Gasteiger partial charge in [0.1, 0.15) is 5.76 Å². The highest BCUT2D eigenvalue weighted by molar-refractivity contribution is 6.30. The number of halogens is 4. The predicted molar refractivity (Wildman–Crippen MR) is 129 cm³/mol. The maximum atomic E-state index is 13.9. The summed E-state index contributed by atoms with van der Waals surface area (Å²) in [7, 11) is 1.54. The number of rotatable bonds is 6. The molecule has 5 rings (SSSR count). The van der Waals surface area contributed by atoms with Crippen LogP contribution in [0.5, 0.6) is 0 Å². The second kappa shape index (κ2) is 9.67. The van der Waals surface area contributed by atoms with Crippen molar-refractivity contribution in [1.82, 2.24) is 29.7 Å². The Labute approximate surface area is 217 Å². The summed E-state index contributed by atoms with van der Waals surface area (Å²) in [5, 5.41) is 13.4. The average Bonchev–Trinajstić information content (AvgIpc) is 3.61. The molecule has 0 spiro atoms. The van der Waals surface area contributed by atoms with E-state index in [1.165, 1.54) is 41.4 Å². The van der Waals surface area contributed by atoms with Crippen molar-refractivity contribution >= 4 is 34.7 Å². The number of benzene rings is 1. The van der Waals surface area contributed by atoms with Crippen molar-refractivity contribution in [3.8, 4) is 11.3 Å². The molecule has 38 heavy (non-hydrogen) atoms. The third-order valence-corrected chi connectivity index (χ3v) is 5.64. The third-order valence-electron chi connectivity index (χ3n) is 5.39. The topological polar surface area (TPSA) is 119 Å². The van der Waals surface area contributed by atoms with Crippen molar-refractivity contribution in [1.29, 1.82) is 0 Å². The number of carbonyl (C=O) groups excluding carboxylic acids is 2. The van der Waals surface area contributed by atoms with Crippen molar-refractivity contribution in [2.24, 2.45) is 7.05 Å². The Morgan fingerprint density at radius 3 is 2.53 bits per heavy atom. The molecule has 5 aromatic rings. The molecule has 0 radical (unpaired) electrons. The van der Waals surface area contributed by atoms with Crippen LogP contribution in [-0.2, 0) is 19.8 Å². The molecule has 1 aromatic carbocycles. The van der Waals surface area contributed by atoms with E-state index in [2.05, 4.69) is 25.8 Å². The molecule has 0 atom stereocenters. The molecule has 0 aliphatic rings. The number of aryl methyl sites for hydroxylation is 1. The molecular weight excluding hydrogens is 527 g/mol. The Bertz CT molecular complexity index is 1640. The third kappa shape index (κ3) is 5.09. The molecular formula is C24H17ClF3N7O3. The summed E-state index contributed by atoms with van der Waals surface area (Å²) < 4.78 is 48.7. The molecule has 0 fully saturated rings. The van der Waals surface area contributed by atoms with Gasteiger partial charge in [0.15, 0.2) is 22.7 Å². The molecule has 4 heterocycles. The monoisotopic (exact) mass is 543 g/mol. The van der Waals surface area contributed by atoms with Crippen LogP contribution in [0.4, 0.5) is 18.9 Å². The zero-order valence-corrected chi connectivity index (χ0v) is 20.2. The molecule has 4 aromatic heterocycles. The van der Waals surface area contributed by atoms with Crippen LogP contribution in [0.25, 0.3) is 16.9 Å². The van der Waals surface area contributed by atoms with Gasteiger partial charge in [-0.05, 0) is 30.3 Å². The van der Waals surface area contributed by atoms with Gasteiger partial charge in [0, 0.05) is 29.9 Å². The van der Waals surface area contributed by atoms with Gasteiger partial charge in [-0.1, -0.05) is 23.7 Å². The highest BCUT2D eigenvalue weighted by atomic mass is 35.5. The molecule has 10 nitrogen and oxygen atoms in total. The predicted octanol–water partition coefficient (Wildman–Crippen LogP) is 4.58. The van der Waals surface area contributed by atoms with E-state index in [9.17, 15) is 22.8 Å². The summed E-state index contributed by atoms with van der Waals surface area (Å²) in [6, 6.07) is 11.4. The fourth-order valence-corrected chi connectivity index (χ4v) is 3.78. The van der Waals surface area contributed by atoms with E-state index in [1.54, 1.807) is 19.2 Å². The summed E-state index contributed by atoms with van der Waals surface area (Å²) in [6.45, 7) is 0.0874. The van der Waals surface area contributed by atoms with Gasteiger partial charge >= 0.3 is 6.18 Å². The van der Waals surface area contributed by atoms with E-state index < -0.39 is 23.7 Å². The molecule has 0 saturated carbocycles. The zero-order valence-electron chi connectivity index (χ0n) is 19.5. The van der Waals surface area contributed by atoms with Crippen LogP contribution in [0.2, 0.25) is 5.02 Å². The van der Waals surface area contributed by atoms with Crippen molar-refractivity contribution < 1.29 is 27.2 Å². The number of hydrogen-bond donors (Lipinski definition) is 2. The number of amides is 2. The Balaban J connectivity index is 1.44. The lowest BCUT2D eigenvalue weighted by atomic mass is 10.1. The SMILES string of the molecule is Cn1cc(NC(=O)c2cc3nc(-c4ccc(Cl)cc4)cc(C(F)(F)F)n3n2)c(C(=O)NCc2ccco2)n1. The summed E-state index contributed by atoms with van der Waals surface area (Å²) in [6.07, 6.45) is -1.95. The van der Waals surface area contributed by atoms with E-state index in [-0.39, 0.29) is 35.0 Å². The minimum absolute atomic E-state index is 0.0242. The van der Waals surface area contributed by atoms with Gasteiger partial charge in [-0.3, -0.25) is 14.3 Å². The molecule has 0 aliphatic carbocycles. The summed E-state index contributed by atoms with van der Waals surface area (Å²) in [5.74, 6) is -0.943. The number of anilines is 1. The fraction of sp³-hybridized carbons (Fsp3) is 0.125. The van der Waals surface area contributed by atoms with E-state index in [1.807, 2.05) is 0 Å². The Hall–Kier alpha value is -4.65. The first kappa shape index (κ1) is 25.0. The van der Waals surface area contributed by atoms with Crippen molar-refractivity contribution in [3.63, 3.8) is 0 Å². The first-order chi connectivity index (χ1) is 18.1. The number of alkyl halides is 3. The van der Waals surface area contributed by atoms with Crippen LogP contribution in [0.1, 0.15) is 32.4 Å². The molecule has 0 saturated heterocycles. The van der Waals surface area contributed by atoms with Crippen molar-refractivity contribution in [2.75, 3.05) is 5.32 Å². The minimum atomic E-state index is -4.79. The second-order valence-electron chi connectivity index (χ2n) is 8.11. The normalized spacial score (nSPS) is 11.6. The number of nitrogens with zero attached hydrogens (tertiary/aromatic N) is 5. The van der Waals surface area contributed by atoms with Crippen molar-refractivity contribution in [2.45, 2.75) is 12.7 Å². The molecule has 194 valence electrons. The van der Waals surface area contributed by atoms with Crippen LogP contribution >= 0.6 is 11.6 Å². The lowest BCUT2D eigenvalue weighted by Gasteiger charge is -2.11. The van der Waals surface area contributed by atoms with E-state index in [0.717, 1.165) is 12.1 Å². The van der Waals surface area contributed by atoms with Gasteiger partial charge in [-0.15, -0.1) is 0 Å². The van der Waals surface area contributed by atoms with Gasteiger partial charge in [0.25, 0.3) is 11.8 Å². The number of carbonyl (C=O) groups is 2. The van der Waals surface area contributed by atoms with Crippen LogP contribution < -0.4 is 10.6 Å². The Kier molecular flexibility index (Phi) is 6.36. The summed E-state index contributed by atoms with van der Waals surface area (Å²) in [4.78, 5) is 29.9. The van der Waals surface area contributed by atoms with E-state index in [0.29, 0.717) is 20.9 Å². The molecule has 2 N–H and O–H groups in total. The molecule has 0 bridgehead atoms. The van der Waals surface area contributed by atoms with Gasteiger partial charge in [-0.2, -0.15) is 23.4 Å². The van der Waals surface area contributed by atoms with Gasteiger partial charge in [0.2, 0.25) is 0 Å². The molecule has 14 heteroatoms. The van der Waals surface area contributed by atoms with E-state index in [4.69, 9.17) is 16.0 Å². The lowest BCUT2D eigenvalue weighted by Crippen LogP contribution is -2.25. The van der Waals surface area contributed by atoms with Crippen LogP contribution in [0, 0.1) is 0 Å². The smallest absolute Gasteiger partial charge is 0.433 e. The van der Waals surface area contributed by atoms with Crippen molar-refractivity contribution in [3.05, 3.63) is 88.9 Å². The molecule has 2 amide bonds. The molecule has 0 unspecified atom stereocenters. The van der Waals surface area contributed by atoms with Crippen LogP contribution in [-0.4, -0.2) is 36.2 Å². The largest absolute Gasteiger partial charge is 0.467 e. The lowest BCUT2D eigenvalue weighted by molar-refractivity contribution is -0.142. The quantitative estimate of drug-likeness (QED) is 0.324. The Morgan fingerprint density at radius 1 is 1.08 bits per heavy atom. The van der Waals surface area contributed by atoms with Gasteiger partial charge < -0.3 is 15.1 Å². The maximum absolute atomic E-state index is 13.9. The zero-order chi connectivity index (χ0) is 27.0. The number of fused-ring (bicyclic) bond motifs is 1. The standard InChI is InChI=1S/C24H17ClF3N7O3/c1-34-12-18(21(33-34)23(37)29-11-15-3-2-8-38-15)31-22(36)17-10-20-30-16(13-4-6-14(25)7-5-13)9-19(24(26,27)28)35(20)32-17/h2-10,12H,11H2,1H3,(H,29,37)(H,31,36). The first-order valence-electron chi connectivity index (χ1n) is 11.0. The fourth-order valence-electron chi connectivity index (χ4n) is 3.65. The number of furan rings is 1. The highest BCUT2D eigenvalue weighted by Gasteiger charge is 2.36. The second-order valence-corrected chi connectivity index (χ2v) is 8.55.